The van der Waals surface area contributed by atoms with Gasteiger partial charge in [0.2, 0.25) is 0 Å². The van der Waals surface area contributed by atoms with Gasteiger partial charge in [0.1, 0.15) is 5.82 Å². The van der Waals surface area contributed by atoms with E-state index in [4.69, 9.17) is 0 Å². The van der Waals surface area contributed by atoms with Crippen LogP contribution in [-0.2, 0) is 20.1 Å². The van der Waals surface area contributed by atoms with Gasteiger partial charge in [-0.25, -0.2) is 4.39 Å². The first-order chi connectivity index (χ1) is 14.0. The second-order valence-corrected chi connectivity index (χ2v) is 7.18. The molecule has 6 heteroatoms. The van der Waals surface area contributed by atoms with Crippen molar-refractivity contribution in [2.24, 2.45) is 7.05 Å². The second kappa shape index (κ2) is 7.93. The number of aldehydes is 1. The molecule has 0 fully saturated rings. The molecule has 5 nitrogen and oxygen atoms in total. The molecule has 0 saturated carbocycles. The first kappa shape index (κ1) is 19.0. The van der Waals surface area contributed by atoms with Gasteiger partial charge >= 0.3 is 0 Å². The van der Waals surface area contributed by atoms with Crippen LogP contribution in [0.4, 0.5) is 4.39 Å². The van der Waals surface area contributed by atoms with Crippen molar-refractivity contribution in [2.45, 2.75) is 13.1 Å². The first-order valence-corrected chi connectivity index (χ1v) is 9.33. The molecule has 0 aliphatic carbocycles. The fraction of sp³-hybridized carbons (Fsp3) is 0.174. The lowest BCUT2D eigenvalue weighted by atomic mass is 10.0. The summed E-state index contributed by atoms with van der Waals surface area (Å²) in [6.45, 7) is 0.884. The molecule has 0 bridgehead atoms. The highest BCUT2D eigenvalue weighted by atomic mass is 19.1. The Labute approximate surface area is 168 Å². The van der Waals surface area contributed by atoms with Crippen molar-refractivity contribution in [1.29, 1.82) is 0 Å². The van der Waals surface area contributed by atoms with E-state index in [2.05, 4.69) is 10.1 Å². The Kier molecular flexibility index (Phi) is 5.18. The van der Waals surface area contributed by atoms with Crippen molar-refractivity contribution in [3.63, 3.8) is 0 Å². The molecule has 2 heterocycles. The monoisotopic (exact) mass is 388 g/mol. The van der Waals surface area contributed by atoms with E-state index in [1.807, 2.05) is 60.2 Å². The Morgan fingerprint density at radius 3 is 2.69 bits per heavy atom. The molecular formula is C23H21FN4O. The second-order valence-electron chi connectivity index (χ2n) is 7.18. The first-order valence-electron chi connectivity index (χ1n) is 9.33. The fourth-order valence-electron chi connectivity index (χ4n) is 3.47. The van der Waals surface area contributed by atoms with E-state index in [0.29, 0.717) is 29.9 Å². The van der Waals surface area contributed by atoms with Crippen molar-refractivity contribution in [3.05, 3.63) is 83.6 Å². The van der Waals surface area contributed by atoms with Crippen LogP contribution in [0.25, 0.3) is 22.0 Å². The molecule has 0 atom stereocenters. The SMILES string of the molecule is CN(Cc1ccc(-c2ccc3cnn(C)c3c2)cc1F)Cc1ncccc1C=O. The summed E-state index contributed by atoms with van der Waals surface area (Å²) in [5.41, 5.74) is 4.62. The number of hydrogen-bond acceptors (Lipinski definition) is 4. The molecule has 4 aromatic rings. The Bertz CT molecular complexity index is 1180. The van der Waals surface area contributed by atoms with Crippen LogP contribution in [0.1, 0.15) is 21.6 Å². The Balaban J connectivity index is 1.53. The maximum absolute atomic E-state index is 14.8. The van der Waals surface area contributed by atoms with E-state index in [1.165, 1.54) is 0 Å². The van der Waals surface area contributed by atoms with Crippen molar-refractivity contribution in [1.82, 2.24) is 19.7 Å². The number of aromatic nitrogens is 3. The van der Waals surface area contributed by atoms with Gasteiger partial charge in [-0.3, -0.25) is 19.4 Å². The highest BCUT2D eigenvalue weighted by molar-refractivity contribution is 5.84. The summed E-state index contributed by atoms with van der Waals surface area (Å²) in [4.78, 5) is 17.4. The summed E-state index contributed by atoms with van der Waals surface area (Å²) in [7, 11) is 3.77. The predicted octanol–water partition coefficient (Wildman–Crippen LogP) is 4.22. The van der Waals surface area contributed by atoms with E-state index in [1.54, 1.807) is 24.4 Å². The van der Waals surface area contributed by atoms with Crippen LogP contribution in [0, 0.1) is 5.82 Å². The molecule has 0 amide bonds. The molecule has 0 spiro atoms. The molecule has 4 rings (SSSR count). The number of carbonyl (C=O) groups is 1. The Hall–Kier alpha value is -3.38. The number of pyridine rings is 1. The van der Waals surface area contributed by atoms with E-state index in [9.17, 15) is 9.18 Å². The highest BCUT2D eigenvalue weighted by Gasteiger charge is 2.11. The van der Waals surface area contributed by atoms with Crippen molar-refractivity contribution >= 4 is 17.2 Å². The molecule has 146 valence electrons. The van der Waals surface area contributed by atoms with Gasteiger partial charge in [-0.2, -0.15) is 5.10 Å². The minimum atomic E-state index is -0.254. The summed E-state index contributed by atoms with van der Waals surface area (Å²) in [5, 5.41) is 5.31. The maximum atomic E-state index is 14.8. The number of hydrogen-bond donors (Lipinski definition) is 0. The number of nitrogens with zero attached hydrogens (tertiary/aromatic N) is 4. The topological polar surface area (TPSA) is 51.0 Å². The molecule has 29 heavy (non-hydrogen) atoms. The zero-order valence-electron chi connectivity index (χ0n) is 16.3. The van der Waals surface area contributed by atoms with Gasteiger partial charge in [-0.15, -0.1) is 0 Å². The van der Waals surface area contributed by atoms with Gasteiger partial charge in [0.25, 0.3) is 0 Å². The van der Waals surface area contributed by atoms with E-state index >= 15 is 0 Å². The van der Waals surface area contributed by atoms with E-state index in [-0.39, 0.29) is 5.82 Å². The molecule has 0 unspecified atom stereocenters. The predicted molar refractivity (Wildman–Crippen MR) is 111 cm³/mol. The minimum Gasteiger partial charge on any atom is -0.298 e. The van der Waals surface area contributed by atoms with Gasteiger partial charge in [0.15, 0.2) is 6.29 Å². The number of carbonyl (C=O) groups excluding carboxylic acids is 1. The minimum absolute atomic E-state index is 0.254. The molecular weight excluding hydrogens is 367 g/mol. The van der Waals surface area contributed by atoms with Crippen LogP contribution in [0.5, 0.6) is 0 Å². The average molecular weight is 388 g/mol. The van der Waals surface area contributed by atoms with Gasteiger partial charge < -0.3 is 0 Å². The third kappa shape index (κ3) is 3.93. The third-order valence-corrected chi connectivity index (χ3v) is 5.05. The van der Waals surface area contributed by atoms with Gasteiger partial charge in [0, 0.05) is 42.8 Å². The normalized spacial score (nSPS) is 11.3. The summed E-state index contributed by atoms with van der Waals surface area (Å²) in [5.74, 6) is -0.254. The number of benzene rings is 2. The van der Waals surface area contributed by atoms with Crippen molar-refractivity contribution in [3.8, 4) is 11.1 Å². The summed E-state index contributed by atoms with van der Waals surface area (Å²) in [6.07, 6.45) is 4.27. The van der Waals surface area contributed by atoms with Crippen LogP contribution in [0.3, 0.4) is 0 Å². The third-order valence-electron chi connectivity index (χ3n) is 5.05. The zero-order chi connectivity index (χ0) is 20.4. The van der Waals surface area contributed by atoms with Crippen LogP contribution >= 0.6 is 0 Å². The largest absolute Gasteiger partial charge is 0.298 e. The lowest BCUT2D eigenvalue weighted by Gasteiger charge is -2.18. The lowest BCUT2D eigenvalue weighted by Crippen LogP contribution is -2.19. The quantitative estimate of drug-likeness (QED) is 0.464. The van der Waals surface area contributed by atoms with Crippen LogP contribution in [0.2, 0.25) is 0 Å². The van der Waals surface area contributed by atoms with Gasteiger partial charge in [-0.1, -0.05) is 24.3 Å². The smallest absolute Gasteiger partial charge is 0.151 e. The molecule has 0 radical (unpaired) electrons. The van der Waals surface area contributed by atoms with Crippen LogP contribution in [-0.4, -0.2) is 33.0 Å². The summed E-state index contributed by atoms with van der Waals surface area (Å²) < 4.78 is 16.6. The Morgan fingerprint density at radius 1 is 1.10 bits per heavy atom. The molecule has 0 aliphatic heterocycles. The zero-order valence-corrected chi connectivity index (χ0v) is 16.3. The number of rotatable bonds is 6. The summed E-state index contributed by atoms with van der Waals surface area (Å²) in [6, 6.07) is 14.8. The van der Waals surface area contributed by atoms with Crippen LogP contribution in [0.15, 0.2) is 60.9 Å². The molecule has 2 aromatic carbocycles. The van der Waals surface area contributed by atoms with Gasteiger partial charge in [0.05, 0.1) is 17.4 Å². The maximum Gasteiger partial charge on any atom is 0.151 e. The standard InChI is InChI=1S/C23H21FN4O/c1-27(14-22-20(15-29)4-3-9-25-22)13-19-8-6-16(10-21(19)24)17-5-7-18-12-26-28(2)23(18)11-17/h3-12,15H,13-14H2,1-2H3. The molecule has 0 saturated heterocycles. The fourth-order valence-corrected chi connectivity index (χ4v) is 3.47. The number of fused-ring (bicyclic) bond motifs is 1. The van der Waals surface area contributed by atoms with Gasteiger partial charge in [-0.05, 0) is 42.4 Å². The molecule has 2 aromatic heterocycles. The number of halogens is 1. The Morgan fingerprint density at radius 2 is 1.90 bits per heavy atom. The van der Waals surface area contributed by atoms with Crippen LogP contribution < -0.4 is 0 Å². The average Bonchev–Trinajstić information content (AvgIpc) is 3.10. The lowest BCUT2D eigenvalue weighted by molar-refractivity contribution is 0.112. The highest BCUT2D eigenvalue weighted by Crippen LogP contribution is 2.26. The van der Waals surface area contributed by atoms with Crippen molar-refractivity contribution in [2.75, 3.05) is 7.05 Å². The number of aryl methyl sites for hydroxylation is 1. The summed E-state index contributed by atoms with van der Waals surface area (Å²) >= 11 is 0. The van der Waals surface area contributed by atoms with E-state index < -0.39 is 0 Å². The molecule has 0 aliphatic rings. The van der Waals surface area contributed by atoms with Crippen molar-refractivity contribution < 1.29 is 9.18 Å². The van der Waals surface area contributed by atoms with E-state index in [0.717, 1.165) is 28.3 Å². The molecule has 0 N–H and O–H groups in total.